The maximum absolute atomic E-state index is 13.6. The lowest BCUT2D eigenvalue weighted by Crippen LogP contribution is -2.34. The van der Waals surface area contributed by atoms with Crippen LogP contribution in [0.2, 0.25) is 0 Å². The van der Waals surface area contributed by atoms with Crippen molar-refractivity contribution in [3.63, 3.8) is 0 Å². The lowest BCUT2D eigenvalue weighted by Gasteiger charge is -2.22. The van der Waals surface area contributed by atoms with Gasteiger partial charge in [0, 0.05) is 19.0 Å². The van der Waals surface area contributed by atoms with Gasteiger partial charge in [-0.15, -0.1) is 0 Å². The first-order chi connectivity index (χ1) is 12.8. The third-order valence-corrected chi connectivity index (χ3v) is 4.44. The summed E-state index contributed by atoms with van der Waals surface area (Å²) in [6.45, 7) is 6.77. The molecule has 0 aliphatic heterocycles. The molecule has 0 saturated heterocycles. The van der Waals surface area contributed by atoms with Gasteiger partial charge in [0.1, 0.15) is 23.1 Å². The highest BCUT2D eigenvalue weighted by atomic mass is 19.1. The quantitative estimate of drug-likeness (QED) is 0.765. The Balaban J connectivity index is 1.62. The summed E-state index contributed by atoms with van der Waals surface area (Å²) in [6, 6.07) is 8.15. The van der Waals surface area contributed by atoms with Crippen molar-refractivity contribution in [3.8, 4) is 6.07 Å². The molecule has 142 valence electrons. The van der Waals surface area contributed by atoms with Crippen molar-refractivity contribution in [2.24, 2.45) is 0 Å². The first kappa shape index (κ1) is 18.9. The van der Waals surface area contributed by atoms with Crippen molar-refractivity contribution < 1.29 is 9.18 Å². The molecule has 0 bridgehead atoms. The van der Waals surface area contributed by atoms with E-state index in [2.05, 4.69) is 15.7 Å². The van der Waals surface area contributed by atoms with E-state index >= 15 is 0 Å². The minimum atomic E-state index is -0.562. The predicted octanol–water partition coefficient (Wildman–Crippen LogP) is 3.37. The van der Waals surface area contributed by atoms with Gasteiger partial charge in [-0.2, -0.15) is 10.4 Å². The first-order valence-corrected chi connectivity index (χ1v) is 9.12. The fourth-order valence-corrected chi connectivity index (χ4v) is 2.90. The number of hydrogen-bond acceptors (Lipinski definition) is 4. The number of carbonyl (C=O) groups excluding carboxylic acids is 1. The molecule has 3 rings (SSSR count). The Hall–Kier alpha value is -2.88. The number of carbonyl (C=O) groups is 1. The fraction of sp³-hybridized carbons (Fsp3) is 0.450. The van der Waals surface area contributed by atoms with Crippen molar-refractivity contribution in [1.82, 2.24) is 15.1 Å². The normalized spacial score (nSPS) is 13.9. The van der Waals surface area contributed by atoms with E-state index in [1.807, 2.05) is 32.9 Å². The standard InChI is InChI=1S/C20H24FN5O/c1-20(2,3)26-18(11-17(25-26)13-7-8-13)19(27)24-10-9-23-16-6-4-5-15(21)14(16)12-22/h4-6,11,13,23H,7-10H2,1-3H3,(H,24,27). The molecule has 27 heavy (non-hydrogen) atoms. The van der Waals surface area contributed by atoms with Crippen LogP contribution in [0.3, 0.4) is 0 Å². The second kappa shape index (κ2) is 7.39. The molecule has 0 radical (unpaired) electrons. The van der Waals surface area contributed by atoms with Crippen LogP contribution in [0.15, 0.2) is 24.3 Å². The van der Waals surface area contributed by atoms with Crippen molar-refractivity contribution in [3.05, 3.63) is 47.0 Å². The highest BCUT2D eigenvalue weighted by Gasteiger charge is 2.31. The van der Waals surface area contributed by atoms with E-state index in [1.165, 1.54) is 6.07 Å². The molecule has 1 aliphatic carbocycles. The molecule has 1 amide bonds. The van der Waals surface area contributed by atoms with Gasteiger partial charge >= 0.3 is 0 Å². The monoisotopic (exact) mass is 369 g/mol. The van der Waals surface area contributed by atoms with Gasteiger partial charge in [0.25, 0.3) is 5.91 Å². The van der Waals surface area contributed by atoms with E-state index in [1.54, 1.807) is 16.8 Å². The van der Waals surface area contributed by atoms with Gasteiger partial charge in [-0.1, -0.05) is 6.07 Å². The molecule has 1 aliphatic rings. The number of halogens is 1. The maximum Gasteiger partial charge on any atom is 0.269 e. The first-order valence-electron chi connectivity index (χ1n) is 9.12. The summed E-state index contributed by atoms with van der Waals surface area (Å²) in [4.78, 5) is 12.6. The van der Waals surface area contributed by atoms with Crippen LogP contribution in [-0.4, -0.2) is 28.8 Å². The van der Waals surface area contributed by atoms with Gasteiger partial charge in [0.05, 0.1) is 16.9 Å². The lowest BCUT2D eigenvalue weighted by atomic mass is 10.1. The van der Waals surface area contributed by atoms with Gasteiger partial charge in [0.2, 0.25) is 0 Å². The minimum Gasteiger partial charge on any atom is -0.382 e. The Kier molecular flexibility index (Phi) is 5.17. The van der Waals surface area contributed by atoms with Gasteiger partial charge in [-0.25, -0.2) is 4.39 Å². The van der Waals surface area contributed by atoms with E-state index in [-0.39, 0.29) is 17.0 Å². The molecule has 1 heterocycles. The number of amides is 1. The molecule has 1 fully saturated rings. The summed E-state index contributed by atoms with van der Waals surface area (Å²) in [5.41, 5.74) is 1.63. The van der Waals surface area contributed by atoms with E-state index in [9.17, 15) is 9.18 Å². The fourth-order valence-electron chi connectivity index (χ4n) is 2.90. The zero-order chi connectivity index (χ0) is 19.6. The molecule has 0 atom stereocenters. The Bertz CT molecular complexity index is 887. The molecule has 7 heteroatoms. The highest BCUT2D eigenvalue weighted by Crippen LogP contribution is 2.40. The number of hydrogen-bond donors (Lipinski definition) is 2. The van der Waals surface area contributed by atoms with Crippen molar-refractivity contribution >= 4 is 11.6 Å². The third-order valence-electron chi connectivity index (χ3n) is 4.44. The Morgan fingerprint density at radius 1 is 1.37 bits per heavy atom. The molecular formula is C20H24FN5O. The van der Waals surface area contributed by atoms with Crippen LogP contribution in [0.5, 0.6) is 0 Å². The van der Waals surface area contributed by atoms with Crippen LogP contribution in [0.1, 0.15) is 61.3 Å². The molecule has 1 aromatic carbocycles. The van der Waals surface area contributed by atoms with E-state index < -0.39 is 5.82 Å². The Morgan fingerprint density at radius 3 is 2.74 bits per heavy atom. The van der Waals surface area contributed by atoms with Crippen LogP contribution >= 0.6 is 0 Å². The van der Waals surface area contributed by atoms with Gasteiger partial charge in [-0.05, 0) is 51.8 Å². The molecule has 0 spiro atoms. The van der Waals surface area contributed by atoms with Crippen molar-refractivity contribution in [1.29, 1.82) is 5.26 Å². The van der Waals surface area contributed by atoms with Crippen LogP contribution in [0.4, 0.5) is 10.1 Å². The SMILES string of the molecule is CC(C)(C)n1nc(C2CC2)cc1C(=O)NCCNc1cccc(F)c1C#N. The number of rotatable bonds is 6. The van der Waals surface area contributed by atoms with E-state index in [0.717, 1.165) is 18.5 Å². The Morgan fingerprint density at radius 2 is 2.11 bits per heavy atom. The Labute approximate surface area is 158 Å². The largest absolute Gasteiger partial charge is 0.382 e. The summed E-state index contributed by atoms with van der Waals surface area (Å²) in [6.07, 6.45) is 2.25. The third kappa shape index (κ3) is 4.27. The zero-order valence-corrected chi connectivity index (χ0v) is 15.8. The van der Waals surface area contributed by atoms with Crippen LogP contribution in [0, 0.1) is 17.1 Å². The molecule has 2 N–H and O–H groups in total. The summed E-state index contributed by atoms with van der Waals surface area (Å²) in [5, 5.41) is 19.5. The number of nitriles is 1. The molecule has 1 aromatic heterocycles. The summed E-state index contributed by atoms with van der Waals surface area (Å²) < 4.78 is 15.4. The zero-order valence-electron chi connectivity index (χ0n) is 15.8. The second-order valence-electron chi connectivity index (χ2n) is 7.77. The van der Waals surface area contributed by atoms with Crippen molar-refractivity contribution in [2.75, 3.05) is 18.4 Å². The average Bonchev–Trinajstić information content (AvgIpc) is 3.35. The highest BCUT2D eigenvalue weighted by molar-refractivity contribution is 5.92. The predicted molar refractivity (Wildman–Crippen MR) is 101 cm³/mol. The molecule has 0 unspecified atom stereocenters. The number of benzene rings is 1. The molecule has 1 saturated carbocycles. The second-order valence-corrected chi connectivity index (χ2v) is 7.77. The number of anilines is 1. The lowest BCUT2D eigenvalue weighted by molar-refractivity contribution is 0.0937. The van der Waals surface area contributed by atoms with Gasteiger partial charge in [-0.3, -0.25) is 9.48 Å². The number of aromatic nitrogens is 2. The topological polar surface area (TPSA) is 82.7 Å². The summed E-state index contributed by atoms with van der Waals surface area (Å²) in [7, 11) is 0. The summed E-state index contributed by atoms with van der Waals surface area (Å²) >= 11 is 0. The molecule has 2 aromatic rings. The minimum absolute atomic E-state index is 0.0243. The number of nitrogens with zero attached hydrogens (tertiary/aromatic N) is 3. The summed E-state index contributed by atoms with van der Waals surface area (Å²) in [5.74, 6) is -0.279. The average molecular weight is 369 g/mol. The van der Waals surface area contributed by atoms with E-state index in [4.69, 9.17) is 5.26 Å². The maximum atomic E-state index is 13.6. The molecule has 6 nitrogen and oxygen atoms in total. The van der Waals surface area contributed by atoms with Gasteiger partial charge in [0.15, 0.2) is 0 Å². The molecular weight excluding hydrogens is 345 g/mol. The number of nitrogens with one attached hydrogen (secondary N) is 2. The smallest absolute Gasteiger partial charge is 0.269 e. The van der Waals surface area contributed by atoms with Crippen LogP contribution in [0.25, 0.3) is 0 Å². The van der Waals surface area contributed by atoms with Gasteiger partial charge < -0.3 is 10.6 Å². The van der Waals surface area contributed by atoms with E-state index in [0.29, 0.717) is 30.4 Å². The van der Waals surface area contributed by atoms with Crippen molar-refractivity contribution in [2.45, 2.75) is 45.1 Å². The van der Waals surface area contributed by atoms with Crippen LogP contribution in [-0.2, 0) is 5.54 Å². The van der Waals surface area contributed by atoms with Crippen LogP contribution < -0.4 is 10.6 Å².